The maximum Gasteiger partial charge on any atom is 0.227 e. The second-order valence-electron chi connectivity index (χ2n) is 7.06. The predicted octanol–water partition coefficient (Wildman–Crippen LogP) is 2.59. The number of para-hydroxylation sites is 2. The molecule has 0 atom stereocenters. The van der Waals surface area contributed by atoms with E-state index in [-0.39, 0.29) is 24.7 Å². The molecular formula is C21H23ClN4O3. The van der Waals surface area contributed by atoms with E-state index in [2.05, 4.69) is 9.88 Å². The summed E-state index contributed by atoms with van der Waals surface area (Å²) in [5.41, 5.74) is 0.778. The Labute approximate surface area is 174 Å². The van der Waals surface area contributed by atoms with Crippen LogP contribution in [-0.4, -0.2) is 61.0 Å². The average molecular weight is 415 g/mol. The molecule has 0 spiro atoms. The molecule has 2 aliphatic rings. The van der Waals surface area contributed by atoms with Crippen molar-refractivity contribution in [1.29, 1.82) is 0 Å². The van der Waals surface area contributed by atoms with Gasteiger partial charge in [0.2, 0.25) is 11.8 Å². The predicted molar refractivity (Wildman–Crippen MR) is 112 cm³/mol. The number of nitrogens with zero attached hydrogens (tertiary/aromatic N) is 4. The Hall–Kier alpha value is -2.80. The molecule has 0 bridgehead atoms. The van der Waals surface area contributed by atoms with E-state index in [1.807, 2.05) is 41.3 Å². The Morgan fingerprint density at radius 1 is 0.966 bits per heavy atom. The molecule has 0 N–H and O–H groups in total. The number of carbonyl (C=O) groups is 2. The van der Waals surface area contributed by atoms with Crippen LogP contribution in [0.5, 0.6) is 5.75 Å². The molecule has 0 aliphatic carbocycles. The fraction of sp³-hybridized carbons (Fsp3) is 0.381. The Balaban J connectivity index is 1.27. The van der Waals surface area contributed by atoms with Gasteiger partial charge in [-0.15, -0.1) is 0 Å². The van der Waals surface area contributed by atoms with Crippen LogP contribution in [-0.2, 0) is 9.59 Å². The Bertz CT molecular complexity index is 882. The van der Waals surface area contributed by atoms with Gasteiger partial charge in [-0.3, -0.25) is 9.59 Å². The van der Waals surface area contributed by atoms with Gasteiger partial charge in [0.25, 0.3) is 0 Å². The average Bonchev–Trinajstić information content (AvgIpc) is 2.77. The lowest BCUT2D eigenvalue weighted by atomic mass is 10.2. The molecule has 1 saturated heterocycles. The number of aromatic nitrogens is 1. The van der Waals surface area contributed by atoms with Crippen LogP contribution in [0.25, 0.3) is 0 Å². The number of hydrogen-bond donors (Lipinski definition) is 0. The summed E-state index contributed by atoms with van der Waals surface area (Å²) in [6.07, 6.45) is 2.05. The summed E-state index contributed by atoms with van der Waals surface area (Å²) < 4.78 is 5.59. The molecule has 2 aliphatic heterocycles. The Morgan fingerprint density at radius 3 is 2.48 bits per heavy atom. The van der Waals surface area contributed by atoms with Crippen molar-refractivity contribution in [3.05, 3.63) is 47.6 Å². The highest BCUT2D eigenvalue weighted by Gasteiger charge is 2.26. The molecule has 29 heavy (non-hydrogen) atoms. The molecule has 0 saturated carbocycles. The molecule has 2 amide bonds. The summed E-state index contributed by atoms with van der Waals surface area (Å²) in [6.45, 7) is 3.65. The van der Waals surface area contributed by atoms with Crippen molar-refractivity contribution in [1.82, 2.24) is 9.88 Å². The largest absolute Gasteiger partial charge is 0.490 e. The number of pyridine rings is 1. The fourth-order valence-electron chi connectivity index (χ4n) is 3.68. The first-order valence-corrected chi connectivity index (χ1v) is 10.2. The van der Waals surface area contributed by atoms with E-state index in [1.165, 1.54) is 0 Å². The quantitative estimate of drug-likeness (QED) is 0.769. The van der Waals surface area contributed by atoms with Gasteiger partial charge >= 0.3 is 0 Å². The summed E-state index contributed by atoms with van der Waals surface area (Å²) in [6, 6.07) is 11.2. The maximum absolute atomic E-state index is 12.7. The van der Waals surface area contributed by atoms with E-state index in [1.54, 1.807) is 11.1 Å². The van der Waals surface area contributed by atoms with Gasteiger partial charge in [0.05, 0.1) is 17.3 Å². The normalized spacial score (nSPS) is 16.2. The number of benzene rings is 1. The van der Waals surface area contributed by atoms with E-state index in [9.17, 15) is 9.59 Å². The van der Waals surface area contributed by atoms with Gasteiger partial charge in [0.15, 0.2) is 0 Å². The molecule has 1 aromatic carbocycles. The van der Waals surface area contributed by atoms with Crippen LogP contribution in [0.4, 0.5) is 11.5 Å². The van der Waals surface area contributed by atoms with Crippen LogP contribution >= 0.6 is 11.6 Å². The molecule has 4 rings (SSSR count). The summed E-state index contributed by atoms with van der Waals surface area (Å²) in [5.74, 6) is 1.55. The molecule has 1 fully saturated rings. The van der Waals surface area contributed by atoms with Crippen molar-refractivity contribution in [3.8, 4) is 5.75 Å². The molecule has 7 nitrogen and oxygen atoms in total. The number of anilines is 2. The lowest BCUT2D eigenvalue weighted by Crippen LogP contribution is -2.49. The van der Waals surface area contributed by atoms with Gasteiger partial charge < -0.3 is 19.4 Å². The molecule has 2 aromatic rings. The van der Waals surface area contributed by atoms with Gasteiger partial charge in [0, 0.05) is 45.2 Å². The number of ether oxygens (including phenoxy) is 1. The Morgan fingerprint density at radius 2 is 1.72 bits per heavy atom. The van der Waals surface area contributed by atoms with E-state index >= 15 is 0 Å². The monoisotopic (exact) mass is 414 g/mol. The highest BCUT2D eigenvalue weighted by Crippen LogP contribution is 2.31. The third-order valence-corrected chi connectivity index (χ3v) is 5.47. The highest BCUT2D eigenvalue weighted by atomic mass is 35.5. The topological polar surface area (TPSA) is 66.0 Å². The van der Waals surface area contributed by atoms with Crippen LogP contribution in [0, 0.1) is 0 Å². The standard InChI is InChI=1S/C21H23ClN4O3/c22-16-5-6-19(23-15-16)24-9-11-25(12-10-24)20(27)7-8-21(28)26-13-14-29-18-4-2-1-3-17(18)26/h1-6,15H,7-14H2. The molecule has 1 aromatic heterocycles. The first-order chi connectivity index (χ1) is 14.1. The van der Waals surface area contributed by atoms with Gasteiger partial charge in [-0.1, -0.05) is 23.7 Å². The van der Waals surface area contributed by atoms with Gasteiger partial charge in [-0.2, -0.15) is 0 Å². The van der Waals surface area contributed by atoms with Crippen molar-refractivity contribution in [3.63, 3.8) is 0 Å². The smallest absolute Gasteiger partial charge is 0.227 e. The highest BCUT2D eigenvalue weighted by molar-refractivity contribution is 6.30. The lowest BCUT2D eigenvalue weighted by Gasteiger charge is -2.35. The van der Waals surface area contributed by atoms with E-state index < -0.39 is 0 Å². The summed E-state index contributed by atoms with van der Waals surface area (Å²) in [4.78, 5) is 35.3. The fourth-order valence-corrected chi connectivity index (χ4v) is 3.79. The molecule has 0 unspecified atom stereocenters. The maximum atomic E-state index is 12.7. The summed E-state index contributed by atoms with van der Waals surface area (Å²) in [5, 5.41) is 0.607. The lowest BCUT2D eigenvalue weighted by molar-refractivity contribution is -0.133. The minimum absolute atomic E-state index is 0.0172. The van der Waals surface area contributed by atoms with E-state index in [0.29, 0.717) is 50.1 Å². The molecule has 152 valence electrons. The van der Waals surface area contributed by atoms with Gasteiger partial charge in [0.1, 0.15) is 18.2 Å². The van der Waals surface area contributed by atoms with Crippen molar-refractivity contribution < 1.29 is 14.3 Å². The van der Waals surface area contributed by atoms with Crippen molar-refractivity contribution in [2.75, 3.05) is 49.1 Å². The minimum atomic E-state index is -0.0434. The second kappa shape index (κ2) is 8.69. The molecule has 8 heteroatoms. The zero-order valence-corrected chi connectivity index (χ0v) is 16.8. The number of fused-ring (bicyclic) bond motifs is 1. The third kappa shape index (κ3) is 4.45. The molecule has 0 radical (unpaired) electrons. The number of amides is 2. The van der Waals surface area contributed by atoms with Crippen molar-refractivity contribution >= 4 is 34.9 Å². The number of carbonyl (C=O) groups excluding carboxylic acids is 2. The van der Waals surface area contributed by atoms with Crippen LogP contribution in [0.2, 0.25) is 5.02 Å². The zero-order valence-electron chi connectivity index (χ0n) is 16.1. The number of piperazine rings is 1. The van der Waals surface area contributed by atoms with Crippen LogP contribution in [0.3, 0.4) is 0 Å². The van der Waals surface area contributed by atoms with E-state index in [4.69, 9.17) is 16.3 Å². The SMILES string of the molecule is O=C(CCC(=O)N1CCOc2ccccc21)N1CCN(c2ccc(Cl)cn2)CC1. The van der Waals surface area contributed by atoms with Crippen LogP contribution < -0.4 is 14.5 Å². The van der Waals surface area contributed by atoms with Crippen molar-refractivity contribution in [2.24, 2.45) is 0 Å². The van der Waals surface area contributed by atoms with Crippen molar-refractivity contribution in [2.45, 2.75) is 12.8 Å². The van der Waals surface area contributed by atoms with Gasteiger partial charge in [-0.25, -0.2) is 4.98 Å². The molecular weight excluding hydrogens is 392 g/mol. The number of halogens is 1. The zero-order chi connectivity index (χ0) is 20.2. The molecule has 3 heterocycles. The first kappa shape index (κ1) is 19.5. The number of hydrogen-bond acceptors (Lipinski definition) is 5. The van der Waals surface area contributed by atoms with E-state index in [0.717, 1.165) is 11.5 Å². The summed E-state index contributed by atoms with van der Waals surface area (Å²) in [7, 11) is 0. The van der Waals surface area contributed by atoms with Crippen LogP contribution in [0.15, 0.2) is 42.6 Å². The van der Waals surface area contributed by atoms with Crippen LogP contribution in [0.1, 0.15) is 12.8 Å². The minimum Gasteiger partial charge on any atom is -0.490 e. The second-order valence-corrected chi connectivity index (χ2v) is 7.50. The first-order valence-electron chi connectivity index (χ1n) is 9.78. The summed E-state index contributed by atoms with van der Waals surface area (Å²) >= 11 is 5.89. The van der Waals surface area contributed by atoms with Gasteiger partial charge in [-0.05, 0) is 24.3 Å². The number of rotatable bonds is 4. The Kier molecular flexibility index (Phi) is 5.85. The third-order valence-electron chi connectivity index (χ3n) is 5.25.